The molecule has 11 heteroatoms. The van der Waals surface area contributed by atoms with Crippen LogP contribution in [-0.2, 0) is 11.5 Å². The van der Waals surface area contributed by atoms with Crippen molar-refractivity contribution in [3.05, 3.63) is 10.9 Å². The Bertz CT molecular complexity index is 939. The lowest BCUT2D eigenvalue weighted by Gasteiger charge is -2.46. The Hall–Kier alpha value is -1.72. The van der Waals surface area contributed by atoms with E-state index in [9.17, 15) is 9.90 Å². The molecular formula is C20H33BrN6O3Si. The topological polar surface area (TPSA) is 96.6 Å². The van der Waals surface area contributed by atoms with E-state index >= 15 is 0 Å². The molecule has 0 aromatic carbocycles. The maximum Gasteiger partial charge on any atom is 0.407 e. The van der Waals surface area contributed by atoms with Gasteiger partial charge in [-0.1, -0.05) is 40.4 Å². The van der Waals surface area contributed by atoms with Gasteiger partial charge in [0.25, 0.3) is 0 Å². The second kappa shape index (κ2) is 9.03. The Kier molecular flexibility index (Phi) is 6.97. The van der Waals surface area contributed by atoms with Crippen LogP contribution in [-0.4, -0.2) is 76.2 Å². The summed E-state index contributed by atoms with van der Waals surface area (Å²) in [7, 11) is -1.15. The zero-order valence-corrected chi connectivity index (χ0v) is 21.8. The van der Waals surface area contributed by atoms with Crippen molar-refractivity contribution in [3.63, 3.8) is 0 Å². The van der Waals surface area contributed by atoms with Gasteiger partial charge in [0, 0.05) is 34.3 Å². The van der Waals surface area contributed by atoms with Gasteiger partial charge in [-0.25, -0.2) is 19.4 Å². The van der Waals surface area contributed by atoms with E-state index in [-0.39, 0.29) is 11.5 Å². The molecule has 1 N–H and O–H groups in total. The van der Waals surface area contributed by atoms with Gasteiger partial charge in [0.2, 0.25) is 0 Å². The van der Waals surface area contributed by atoms with Gasteiger partial charge in [0.05, 0.1) is 11.4 Å². The lowest BCUT2D eigenvalue weighted by molar-refractivity contribution is 0.0747. The van der Waals surface area contributed by atoms with E-state index < -0.39 is 14.2 Å². The molecule has 31 heavy (non-hydrogen) atoms. The fourth-order valence-electron chi connectivity index (χ4n) is 3.76. The molecule has 2 aromatic rings. The lowest BCUT2D eigenvalue weighted by Crippen LogP contribution is -2.59. The second-order valence-corrected chi connectivity index (χ2v) is 16.7. The molecule has 1 unspecified atom stereocenters. The third-order valence-corrected chi connectivity index (χ3v) is 7.86. The average Bonchev–Trinajstić information content (AvgIpc) is 2.99. The number of carbonyl (C=O) groups is 1. The van der Waals surface area contributed by atoms with Crippen LogP contribution in [0, 0.1) is 5.41 Å². The van der Waals surface area contributed by atoms with Gasteiger partial charge >= 0.3 is 6.09 Å². The molecule has 172 valence electrons. The first-order valence-corrected chi connectivity index (χ1v) is 15.1. The van der Waals surface area contributed by atoms with E-state index in [0.717, 1.165) is 17.2 Å². The molecule has 0 radical (unpaired) electrons. The Labute approximate surface area is 192 Å². The molecule has 1 aliphatic heterocycles. The Balaban J connectivity index is 1.85. The average molecular weight is 514 g/mol. The number of hydrogen-bond acceptors (Lipinski definition) is 6. The van der Waals surface area contributed by atoms with Crippen LogP contribution in [0.4, 0.5) is 10.6 Å². The van der Waals surface area contributed by atoms with Crippen molar-refractivity contribution in [2.75, 3.05) is 31.1 Å². The molecule has 3 rings (SSSR count). The SMILES string of the molecule is CC(C)(C)C1CN(c2ncnc3c2c(Br)nn3COCC[Si](C)(C)C)CCN1C(=O)O. The van der Waals surface area contributed by atoms with Crippen molar-refractivity contribution in [1.29, 1.82) is 0 Å². The number of aromatic nitrogens is 4. The number of hydrogen-bond donors (Lipinski definition) is 1. The van der Waals surface area contributed by atoms with Gasteiger partial charge in [-0.15, -0.1) is 0 Å². The molecule has 3 heterocycles. The van der Waals surface area contributed by atoms with Crippen LogP contribution in [0.3, 0.4) is 0 Å². The molecule has 1 fully saturated rings. The van der Waals surface area contributed by atoms with Crippen molar-refractivity contribution in [1.82, 2.24) is 24.6 Å². The van der Waals surface area contributed by atoms with Gasteiger partial charge in [0.1, 0.15) is 23.5 Å². The van der Waals surface area contributed by atoms with Crippen LogP contribution in [0.15, 0.2) is 10.9 Å². The third-order valence-electron chi connectivity index (χ3n) is 5.60. The van der Waals surface area contributed by atoms with E-state index in [1.54, 1.807) is 15.9 Å². The van der Waals surface area contributed by atoms with Crippen LogP contribution in [0.25, 0.3) is 11.0 Å². The fraction of sp³-hybridized carbons (Fsp3) is 0.700. The fourth-order valence-corrected chi connectivity index (χ4v) is 5.06. The molecule has 2 aromatic heterocycles. The van der Waals surface area contributed by atoms with Gasteiger partial charge < -0.3 is 19.6 Å². The van der Waals surface area contributed by atoms with Gasteiger partial charge in [-0.3, -0.25) is 0 Å². The minimum atomic E-state index is -1.15. The number of piperazine rings is 1. The summed E-state index contributed by atoms with van der Waals surface area (Å²) in [6.45, 7) is 15.8. The largest absolute Gasteiger partial charge is 0.465 e. The number of amides is 1. The van der Waals surface area contributed by atoms with Crippen LogP contribution >= 0.6 is 15.9 Å². The summed E-state index contributed by atoms with van der Waals surface area (Å²) in [5.41, 5.74) is 0.507. The van der Waals surface area contributed by atoms with Crippen LogP contribution < -0.4 is 4.90 Å². The summed E-state index contributed by atoms with van der Waals surface area (Å²) < 4.78 is 8.29. The molecule has 0 bridgehead atoms. The number of halogens is 1. The summed E-state index contributed by atoms with van der Waals surface area (Å²) in [6.07, 6.45) is 0.664. The van der Waals surface area contributed by atoms with Crippen molar-refractivity contribution in [2.45, 2.75) is 59.2 Å². The number of rotatable bonds is 6. The zero-order valence-electron chi connectivity index (χ0n) is 19.2. The predicted octanol–water partition coefficient (Wildman–Crippen LogP) is 4.12. The predicted molar refractivity (Wildman–Crippen MR) is 127 cm³/mol. The molecule has 1 atom stereocenters. The Morgan fingerprint density at radius 1 is 1.29 bits per heavy atom. The maximum absolute atomic E-state index is 11.8. The first-order valence-electron chi connectivity index (χ1n) is 10.6. The van der Waals surface area contributed by atoms with Crippen molar-refractivity contribution in [2.24, 2.45) is 5.41 Å². The standard InChI is InChI=1S/C20H33BrN6O3Si/c1-20(2,3)14-11-25(7-8-26(14)19(28)29)17-15-16(21)24-27(18(15)23-12-22-17)13-30-9-10-31(4,5)6/h12,14H,7-11,13H2,1-6H3,(H,28,29). The van der Waals surface area contributed by atoms with E-state index in [0.29, 0.717) is 43.2 Å². The Morgan fingerprint density at radius 2 is 2.00 bits per heavy atom. The van der Waals surface area contributed by atoms with Crippen molar-refractivity contribution in [3.8, 4) is 0 Å². The van der Waals surface area contributed by atoms with Crippen molar-refractivity contribution < 1.29 is 14.6 Å². The highest BCUT2D eigenvalue weighted by Crippen LogP contribution is 2.34. The summed E-state index contributed by atoms with van der Waals surface area (Å²) in [4.78, 5) is 24.4. The highest BCUT2D eigenvalue weighted by molar-refractivity contribution is 9.10. The van der Waals surface area contributed by atoms with E-state index in [2.05, 4.69) is 76.3 Å². The molecular weight excluding hydrogens is 480 g/mol. The molecule has 1 aliphatic rings. The maximum atomic E-state index is 11.8. The minimum absolute atomic E-state index is 0.150. The third kappa shape index (κ3) is 5.56. The monoisotopic (exact) mass is 512 g/mol. The highest BCUT2D eigenvalue weighted by Gasteiger charge is 2.39. The van der Waals surface area contributed by atoms with Gasteiger partial charge in [-0.05, 0) is 27.4 Å². The zero-order chi connectivity index (χ0) is 23.0. The quantitative estimate of drug-likeness (QED) is 0.459. The van der Waals surface area contributed by atoms with Gasteiger partial charge in [-0.2, -0.15) is 5.10 Å². The van der Waals surface area contributed by atoms with Gasteiger partial charge in [0.15, 0.2) is 5.65 Å². The first-order chi connectivity index (χ1) is 14.4. The van der Waals surface area contributed by atoms with Crippen LogP contribution in [0.2, 0.25) is 25.7 Å². The number of carboxylic acid groups (broad SMARTS) is 1. The smallest absolute Gasteiger partial charge is 0.407 e. The molecule has 1 amide bonds. The number of anilines is 1. The van der Waals surface area contributed by atoms with E-state index in [4.69, 9.17) is 4.74 Å². The molecule has 0 spiro atoms. The molecule has 0 aliphatic carbocycles. The van der Waals surface area contributed by atoms with Crippen molar-refractivity contribution >= 4 is 46.9 Å². The van der Waals surface area contributed by atoms with E-state index in [1.165, 1.54) is 0 Å². The molecule has 1 saturated heterocycles. The van der Waals surface area contributed by atoms with Crippen LogP contribution in [0.5, 0.6) is 0 Å². The number of nitrogens with zero attached hydrogens (tertiary/aromatic N) is 6. The molecule has 9 nitrogen and oxygen atoms in total. The lowest BCUT2D eigenvalue weighted by atomic mass is 9.84. The van der Waals surface area contributed by atoms with Crippen LogP contribution in [0.1, 0.15) is 20.8 Å². The molecule has 0 saturated carbocycles. The Morgan fingerprint density at radius 3 is 2.61 bits per heavy atom. The normalized spacial score (nSPS) is 18.1. The highest BCUT2D eigenvalue weighted by atomic mass is 79.9. The van der Waals surface area contributed by atoms with E-state index in [1.807, 2.05) is 0 Å². The summed E-state index contributed by atoms with van der Waals surface area (Å²) in [5, 5.41) is 15.1. The number of ether oxygens (including phenoxy) is 1. The number of fused-ring (bicyclic) bond motifs is 1. The summed E-state index contributed by atoms with van der Waals surface area (Å²) in [5.74, 6) is 0.768. The first kappa shape index (κ1) is 23.9. The second-order valence-electron chi connectivity index (χ2n) is 10.3. The minimum Gasteiger partial charge on any atom is -0.465 e. The summed E-state index contributed by atoms with van der Waals surface area (Å²) in [6, 6.07) is 0.942. The summed E-state index contributed by atoms with van der Waals surface area (Å²) >= 11 is 3.57.